The Kier molecular flexibility index (Phi) is 4.23. The van der Waals surface area contributed by atoms with E-state index in [-0.39, 0.29) is 0 Å². The van der Waals surface area contributed by atoms with Crippen LogP contribution in [0.5, 0.6) is 0 Å². The monoisotopic (exact) mass is 345 g/mol. The van der Waals surface area contributed by atoms with Crippen molar-refractivity contribution in [2.45, 2.75) is 13.0 Å². The van der Waals surface area contributed by atoms with Gasteiger partial charge in [-0.15, -0.1) is 0 Å². The van der Waals surface area contributed by atoms with E-state index in [0.29, 0.717) is 0 Å². The van der Waals surface area contributed by atoms with Gasteiger partial charge in [-0.1, -0.05) is 31.9 Å². The highest BCUT2D eigenvalue weighted by molar-refractivity contribution is 9.11. The average Bonchev–Trinajstić information content (AvgIpc) is 2.32. The SMILES string of the molecule is Brc1ccc(Br)c(CNC2=NCCCN2)c1. The number of rotatable bonds is 2. The average molecular weight is 347 g/mol. The highest BCUT2D eigenvalue weighted by atomic mass is 79.9. The van der Waals surface area contributed by atoms with Gasteiger partial charge in [0, 0.05) is 28.6 Å². The van der Waals surface area contributed by atoms with Crippen LogP contribution in [0.4, 0.5) is 0 Å². The van der Waals surface area contributed by atoms with Gasteiger partial charge in [0.25, 0.3) is 0 Å². The molecule has 0 unspecified atom stereocenters. The predicted molar refractivity (Wildman–Crippen MR) is 73.6 cm³/mol. The molecular formula is C11H13Br2N3. The predicted octanol–water partition coefficient (Wildman–Crippen LogP) is 2.65. The lowest BCUT2D eigenvalue weighted by Crippen LogP contribution is -2.40. The molecule has 2 N–H and O–H groups in total. The van der Waals surface area contributed by atoms with Crippen molar-refractivity contribution in [2.24, 2.45) is 4.99 Å². The second kappa shape index (κ2) is 5.68. The van der Waals surface area contributed by atoms with Crippen LogP contribution in [0.15, 0.2) is 32.1 Å². The first-order chi connectivity index (χ1) is 7.75. The summed E-state index contributed by atoms with van der Waals surface area (Å²) in [4.78, 5) is 4.36. The van der Waals surface area contributed by atoms with Crippen molar-refractivity contribution >= 4 is 37.8 Å². The minimum absolute atomic E-state index is 0.770. The van der Waals surface area contributed by atoms with Crippen molar-refractivity contribution in [3.63, 3.8) is 0 Å². The Balaban J connectivity index is 1.98. The van der Waals surface area contributed by atoms with Crippen molar-refractivity contribution in [1.29, 1.82) is 0 Å². The smallest absolute Gasteiger partial charge is 0.191 e. The fraction of sp³-hybridized carbons (Fsp3) is 0.364. The number of nitrogens with one attached hydrogen (secondary N) is 2. The van der Waals surface area contributed by atoms with Gasteiger partial charge < -0.3 is 10.6 Å². The Morgan fingerprint density at radius 2 is 2.25 bits per heavy atom. The van der Waals surface area contributed by atoms with Gasteiger partial charge in [0.15, 0.2) is 5.96 Å². The summed E-state index contributed by atoms with van der Waals surface area (Å²) in [6.07, 6.45) is 1.12. The van der Waals surface area contributed by atoms with E-state index in [1.165, 1.54) is 5.56 Å². The topological polar surface area (TPSA) is 36.4 Å². The molecule has 0 atom stereocenters. The molecule has 1 aliphatic heterocycles. The Hall–Kier alpha value is -0.550. The highest BCUT2D eigenvalue weighted by Gasteiger charge is 2.05. The van der Waals surface area contributed by atoms with Gasteiger partial charge in [0.2, 0.25) is 0 Å². The maximum atomic E-state index is 4.36. The minimum atomic E-state index is 0.770. The summed E-state index contributed by atoms with van der Waals surface area (Å²) in [6.45, 7) is 2.69. The van der Waals surface area contributed by atoms with Crippen molar-refractivity contribution < 1.29 is 0 Å². The number of guanidine groups is 1. The summed E-state index contributed by atoms with van der Waals surface area (Å²) in [6, 6.07) is 6.15. The number of aliphatic imine (C=N–C) groups is 1. The molecule has 2 rings (SSSR count). The molecule has 5 heteroatoms. The normalized spacial score (nSPS) is 15.2. The fourth-order valence-electron chi connectivity index (χ4n) is 1.51. The van der Waals surface area contributed by atoms with E-state index in [2.05, 4.69) is 53.6 Å². The molecule has 86 valence electrons. The lowest BCUT2D eigenvalue weighted by Gasteiger charge is -2.16. The molecule has 0 aliphatic carbocycles. The van der Waals surface area contributed by atoms with Crippen LogP contribution in [0.25, 0.3) is 0 Å². The van der Waals surface area contributed by atoms with Gasteiger partial charge in [-0.25, -0.2) is 0 Å². The van der Waals surface area contributed by atoms with Crippen LogP contribution in [0.3, 0.4) is 0 Å². The van der Waals surface area contributed by atoms with Gasteiger partial charge in [0.1, 0.15) is 0 Å². The Labute approximate surface area is 112 Å². The maximum absolute atomic E-state index is 4.36. The van der Waals surface area contributed by atoms with Crippen molar-refractivity contribution in [1.82, 2.24) is 10.6 Å². The molecule has 0 bridgehead atoms. The van der Waals surface area contributed by atoms with Crippen molar-refractivity contribution in [2.75, 3.05) is 13.1 Å². The van der Waals surface area contributed by atoms with Crippen LogP contribution in [0.2, 0.25) is 0 Å². The van der Waals surface area contributed by atoms with Crippen LogP contribution < -0.4 is 10.6 Å². The fourth-order valence-corrected chi connectivity index (χ4v) is 2.30. The first-order valence-corrected chi connectivity index (χ1v) is 6.80. The second-order valence-electron chi connectivity index (χ2n) is 3.60. The molecule has 0 fully saturated rings. The number of hydrogen-bond acceptors (Lipinski definition) is 3. The van der Waals surface area contributed by atoms with Crippen LogP contribution in [-0.2, 0) is 6.54 Å². The molecule has 0 aromatic heterocycles. The Bertz CT molecular complexity index is 404. The minimum Gasteiger partial charge on any atom is -0.356 e. The molecule has 1 aliphatic rings. The standard InChI is InChI=1S/C11H13Br2N3/c12-9-2-3-10(13)8(6-9)7-16-11-14-4-1-5-15-11/h2-3,6H,1,4-5,7H2,(H2,14,15,16). The molecule has 0 amide bonds. The van der Waals surface area contributed by atoms with E-state index < -0.39 is 0 Å². The molecular weight excluding hydrogens is 334 g/mol. The summed E-state index contributed by atoms with van der Waals surface area (Å²) in [5.74, 6) is 0.901. The molecule has 1 aromatic rings. The van der Waals surface area contributed by atoms with E-state index >= 15 is 0 Å². The Morgan fingerprint density at radius 3 is 3.00 bits per heavy atom. The third-order valence-corrected chi connectivity index (χ3v) is 3.62. The van der Waals surface area contributed by atoms with Crippen LogP contribution >= 0.6 is 31.9 Å². The maximum Gasteiger partial charge on any atom is 0.191 e. The molecule has 0 saturated heterocycles. The van der Waals surface area contributed by atoms with Gasteiger partial charge >= 0.3 is 0 Å². The first kappa shape index (κ1) is 11.9. The highest BCUT2D eigenvalue weighted by Crippen LogP contribution is 2.21. The summed E-state index contributed by atoms with van der Waals surface area (Å²) in [5.41, 5.74) is 1.21. The van der Waals surface area contributed by atoms with Crippen molar-refractivity contribution in [3.05, 3.63) is 32.7 Å². The van der Waals surface area contributed by atoms with Crippen molar-refractivity contribution in [3.8, 4) is 0 Å². The molecule has 0 radical (unpaired) electrons. The van der Waals surface area contributed by atoms with Crippen LogP contribution in [0.1, 0.15) is 12.0 Å². The summed E-state index contributed by atoms with van der Waals surface area (Å²) in [7, 11) is 0. The lowest BCUT2D eigenvalue weighted by molar-refractivity contribution is 0.701. The van der Waals surface area contributed by atoms with E-state index in [9.17, 15) is 0 Å². The third kappa shape index (κ3) is 3.22. The third-order valence-electron chi connectivity index (χ3n) is 2.35. The molecule has 3 nitrogen and oxygen atoms in total. The first-order valence-electron chi connectivity index (χ1n) is 5.22. The van der Waals surface area contributed by atoms with Crippen LogP contribution in [-0.4, -0.2) is 19.0 Å². The van der Waals surface area contributed by atoms with E-state index in [1.807, 2.05) is 12.1 Å². The number of halogens is 2. The molecule has 0 spiro atoms. The van der Waals surface area contributed by atoms with E-state index in [4.69, 9.17) is 0 Å². The zero-order chi connectivity index (χ0) is 11.4. The van der Waals surface area contributed by atoms with E-state index in [0.717, 1.165) is 41.0 Å². The largest absolute Gasteiger partial charge is 0.356 e. The van der Waals surface area contributed by atoms with Gasteiger partial charge in [-0.05, 0) is 30.2 Å². The molecule has 16 heavy (non-hydrogen) atoms. The molecule has 0 saturated carbocycles. The molecule has 1 aromatic carbocycles. The number of hydrogen-bond donors (Lipinski definition) is 2. The summed E-state index contributed by atoms with van der Waals surface area (Å²) in [5, 5.41) is 6.53. The van der Waals surface area contributed by atoms with Gasteiger partial charge in [-0.3, -0.25) is 4.99 Å². The lowest BCUT2D eigenvalue weighted by atomic mass is 10.2. The van der Waals surface area contributed by atoms with Crippen LogP contribution in [0, 0.1) is 0 Å². The zero-order valence-corrected chi connectivity index (χ0v) is 11.9. The molecule has 1 heterocycles. The second-order valence-corrected chi connectivity index (χ2v) is 5.37. The van der Waals surface area contributed by atoms with Gasteiger partial charge in [0.05, 0.1) is 0 Å². The van der Waals surface area contributed by atoms with Gasteiger partial charge in [-0.2, -0.15) is 0 Å². The number of nitrogens with zero attached hydrogens (tertiary/aromatic N) is 1. The zero-order valence-electron chi connectivity index (χ0n) is 8.76. The quantitative estimate of drug-likeness (QED) is 0.863. The Morgan fingerprint density at radius 1 is 1.38 bits per heavy atom. The summed E-state index contributed by atoms with van der Waals surface area (Å²) >= 11 is 7.00. The number of benzene rings is 1. The summed E-state index contributed by atoms with van der Waals surface area (Å²) < 4.78 is 2.20. The van der Waals surface area contributed by atoms with E-state index in [1.54, 1.807) is 0 Å².